The summed E-state index contributed by atoms with van der Waals surface area (Å²) < 4.78 is 5.22. The van der Waals surface area contributed by atoms with Crippen LogP contribution in [0.25, 0.3) is 0 Å². The number of fused-ring (bicyclic) bond motifs is 1. The van der Waals surface area contributed by atoms with Crippen LogP contribution >= 0.6 is 0 Å². The Kier molecular flexibility index (Phi) is 2.30. The van der Waals surface area contributed by atoms with Gasteiger partial charge in [-0.15, -0.1) is 0 Å². The maximum atomic E-state index is 12.4. The van der Waals surface area contributed by atoms with Gasteiger partial charge in [0.1, 0.15) is 0 Å². The van der Waals surface area contributed by atoms with Gasteiger partial charge in [0.25, 0.3) is 5.91 Å². The third-order valence-electron chi connectivity index (χ3n) is 4.34. The van der Waals surface area contributed by atoms with Crippen LogP contribution in [0, 0.1) is 11.8 Å². The van der Waals surface area contributed by atoms with E-state index in [2.05, 4.69) is 19.2 Å². The Hall–Kier alpha value is -1.29. The molecule has 2 saturated heterocycles. The van der Waals surface area contributed by atoms with Crippen LogP contribution in [-0.4, -0.2) is 36.0 Å². The van der Waals surface area contributed by atoms with E-state index in [1.807, 2.05) is 4.90 Å². The lowest BCUT2D eigenvalue weighted by Gasteiger charge is -2.35. The van der Waals surface area contributed by atoms with Gasteiger partial charge in [0.2, 0.25) is 0 Å². The smallest absolute Gasteiger partial charge is 0.290 e. The number of rotatable bonds is 1. The Morgan fingerprint density at radius 3 is 3.00 bits per heavy atom. The van der Waals surface area contributed by atoms with Crippen molar-refractivity contribution in [2.75, 3.05) is 19.6 Å². The molecule has 1 amide bonds. The van der Waals surface area contributed by atoms with E-state index in [1.54, 1.807) is 18.4 Å². The molecule has 1 N–H and O–H groups in total. The monoisotopic (exact) mass is 234 g/mol. The third-order valence-corrected chi connectivity index (χ3v) is 4.34. The maximum absolute atomic E-state index is 12.4. The van der Waals surface area contributed by atoms with E-state index in [4.69, 9.17) is 4.42 Å². The number of amides is 1. The molecule has 0 radical (unpaired) electrons. The van der Waals surface area contributed by atoms with E-state index in [-0.39, 0.29) is 11.4 Å². The van der Waals surface area contributed by atoms with E-state index >= 15 is 0 Å². The van der Waals surface area contributed by atoms with Gasteiger partial charge in [-0.25, -0.2) is 0 Å². The van der Waals surface area contributed by atoms with Crippen molar-refractivity contribution in [3.63, 3.8) is 0 Å². The first-order valence-corrected chi connectivity index (χ1v) is 6.17. The molecular formula is C13H18N2O2. The highest BCUT2D eigenvalue weighted by molar-refractivity contribution is 5.92. The van der Waals surface area contributed by atoms with E-state index in [0.717, 1.165) is 19.6 Å². The fourth-order valence-corrected chi connectivity index (χ4v) is 3.30. The van der Waals surface area contributed by atoms with Gasteiger partial charge in [-0.1, -0.05) is 0 Å². The summed E-state index contributed by atoms with van der Waals surface area (Å²) in [5, 5.41) is 3.41. The minimum Gasteiger partial charge on any atom is -0.459 e. The Balaban J connectivity index is 1.87. The van der Waals surface area contributed by atoms with Gasteiger partial charge in [-0.3, -0.25) is 4.79 Å². The molecule has 0 aliphatic carbocycles. The van der Waals surface area contributed by atoms with Crippen molar-refractivity contribution in [1.82, 2.24) is 10.2 Å². The molecule has 0 bridgehead atoms. The van der Waals surface area contributed by atoms with Crippen molar-refractivity contribution in [2.24, 2.45) is 11.8 Å². The number of nitrogens with one attached hydrogen (secondary N) is 1. The fourth-order valence-electron chi connectivity index (χ4n) is 3.30. The molecule has 2 unspecified atom stereocenters. The van der Waals surface area contributed by atoms with Gasteiger partial charge in [0, 0.05) is 25.2 Å². The predicted molar refractivity (Wildman–Crippen MR) is 63.7 cm³/mol. The molecule has 2 atom stereocenters. The van der Waals surface area contributed by atoms with Crippen molar-refractivity contribution in [3.05, 3.63) is 24.2 Å². The lowest BCUT2D eigenvalue weighted by Crippen LogP contribution is -2.47. The van der Waals surface area contributed by atoms with Crippen LogP contribution < -0.4 is 5.32 Å². The van der Waals surface area contributed by atoms with Gasteiger partial charge in [-0.05, 0) is 37.8 Å². The molecule has 1 aromatic rings. The molecule has 3 heterocycles. The molecule has 2 aliphatic rings. The van der Waals surface area contributed by atoms with Crippen molar-refractivity contribution in [3.8, 4) is 0 Å². The average molecular weight is 234 g/mol. The average Bonchev–Trinajstić information content (AvgIpc) is 2.97. The zero-order valence-corrected chi connectivity index (χ0v) is 10.3. The van der Waals surface area contributed by atoms with Crippen LogP contribution in [0.3, 0.4) is 0 Å². The lowest BCUT2D eigenvalue weighted by atomic mass is 9.85. The van der Waals surface area contributed by atoms with E-state index < -0.39 is 0 Å². The normalized spacial score (nSPS) is 30.6. The van der Waals surface area contributed by atoms with Gasteiger partial charge in [0.15, 0.2) is 5.76 Å². The fraction of sp³-hybridized carbons (Fsp3) is 0.615. The molecule has 4 nitrogen and oxygen atoms in total. The number of carbonyl (C=O) groups excluding carboxylic acids is 1. The summed E-state index contributed by atoms with van der Waals surface area (Å²) >= 11 is 0. The number of likely N-dealkylation sites (tertiary alicyclic amines) is 1. The van der Waals surface area contributed by atoms with Crippen LogP contribution in [0.15, 0.2) is 22.8 Å². The highest BCUT2D eigenvalue weighted by atomic mass is 16.3. The Morgan fingerprint density at radius 2 is 2.35 bits per heavy atom. The van der Waals surface area contributed by atoms with Crippen molar-refractivity contribution in [2.45, 2.75) is 19.4 Å². The highest BCUT2D eigenvalue weighted by Crippen LogP contribution is 2.41. The molecule has 1 aromatic heterocycles. The van der Waals surface area contributed by atoms with Crippen LogP contribution in [-0.2, 0) is 0 Å². The van der Waals surface area contributed by atoms with Crippen molar-refractivity contribution < 1.29 is 9.21 Å². The zero-order chi connectivity index (χ0) is 12.0. The van der Waals surface area contributed by atoms with Gasteiger partial charge in [-0.2, -0.15) is 0 Å². The Morgan fingerprint density at radius 1 is 1.53 bits per heavy atom. The van der Waals surface area contributed by atoms with Crippen LogP contribution in [0.1, 0.15) is 24.4 Å². The number of furan rings is 1. The van der Waals surface area contributed by atoms with Crippen LogP contribution in [0.2, 0.25) is 0 Å². The molecule has 2 aliphatic heterocycles. The minimum absolute atomic E-state index is 0.0226. The number of hydrogen-bond donors (Lipinski definition) is 1. The van der Waals surface area contributed by atoms with Gasteiger partial charge < -0.3 is 14.6 Å². The standard InChI is InChI=1S/C13H18N2O2/c1-13(2)10-7-14-6-9(10)8-15(13)12(16)11-4-3-5-17-11/h3-5,9-10,14H,6-8H2,1-2H3. The molecule has 0 spiro atoms. The summed E-state index contributed by atoms with van der Waals surface area (Å²) in [5.41, 5.74) is -0.0853. The van der Waals surface area contributed by atoms with Crippen LogP contribution in [0.5, 0.6) is 0 Å². The first kappa shape index (κ1) is 10.8. The molecule has 3 rings (SSSR count). The zero-order valence-electron chi connectivity index (χ0n) is 10.3. The summed E-state index contributed by atoms with van der Waals surface area (Å²) in [6, 6.07) is 3.50. The van der Waals surface area contributed by atoms with E-state index in [0.29, 0.717) is 17.6 Å². The second-order valence-corrected chi connectivity index (χ2v) is 5.57. The molecule has 0 aromatic carbocycles. The quantitative estimate of drug-likeness (QED) is 0.797. The molecule has 0 saturated carbocycles. The summed E-state index contributed by atoms with van der Waals surface area (Å²) in [7, 11) is 0. The topological polar surface area (TPSA) is 45.5 Å². The second kappa shape index (κ2) is 3.60. The van der Waals surface area contributed by atoms with Crippen molar-refractivity contribution >= 4 is 5.91 Å². The predicted octanol–water partition coefficient (Wildman–Crippen LogP) is 1.35. The lowest BCUT2D eigenvalue weighted by molar-refractivity contribution is 0.0571. The number of nitrogens with zero attached hydrogens (tertiary/aromatic N) is 1. The SMILES string of the molecule is CC1(C)C2CNCC2CN1C(=O)c1ccco1. The number of carbonyl (C=O) groups is 1. The molecule has 4 heteroatoms. The highest BCUT2D eigenvalue weighted by Gasteiger charge is 2.51. The van der Waals surface area contributed by atoms with E-state index in [9.17, 15) is 4.79 Å². The summed E-state index contributed by atoms with van der Waals surface area (Å²) in [4.78, 5) is 14.3. The van der Waals surface area contributed by atoms with Gasteiger partial charge in [0.05, 0.1) is 6.26 Å². The summed E-state index contributed by atoms with van der Waals surface area (Å²) in [6.07, 6.45) is 1.55. The molecule has 2 fully saturated rings. The third kappa shape index (κ3) is 1.51. The Bertz CT molecular complexity index is 425. The minimum atomic E-state index is -0.0853. The molecule has 17 heavy (non-hydrogen) atoms. The molecule has 92 valence electrons. The van der Waals surface area contributed by atoms with Crippen LogP contribution in [0.4, 0.5) is 0 Å². The van der Waals surface area contributed by atoms with Gasteiger partial charge >= 0.3 is 0 Å². The second-order valence-electron chi connectivity index (χ2n) is 5.57. The first-order valence-electron chi connectivity index (χ1n) is 6.17. The summed E-state index contributed by atoms with van der Waals surface area (Å²) in [6.45, 7) is 7.19. The van der Waals surface area contributed by atoms with Crippen molar-refractivity contribution in [1.29, 1.82) is 0 Å². The first-order chi connectivity index (χ1) is 8.10. The maximum Gasteiger partial charge on any atom is 0.290 e. The summed E-state index contributed by atoms with van der Waals surface area (Å²) in [5.74, 6) is 1.62. The largest absolute Gasteiger partial charge is 0.459 e. The molecular weight excluding hydrogens is 216 g/mol. The number of hydrogen-bond acceptors (Lipinski definition) is 3. The Labute approximate surface area is 101 Å². The van der Waals surface area contributed by atoms with E-state index in [1.165, 1.54) is 0 Å².